The largest absolute Gasteiger partial charge is 0.384 e. The highest BCUT2D eigenvalue weighted by molar-refractivity contribution is 5.48. The number of hydrogen-bond donors (Lipinski definition) is 2. The number of hydrogen-bond acceptors (Lipinski definition) is 3. The molecule has 4 nitrogen and oxygen atoms in total. The highest BCUT2D eigenvalue weighted by Crippen LogP contribution is 2.12. The summed E-state index contributed by atoms with van der Waals surface area (Å²) in [7, 11) is 0. The van der Waals surface area contributed by atoms with Crippen LogP contribution in [0.2, 0.25) is 0 Å². The normalized spacial score (nSPS) is 11.5. The van der Waals surface area contributed by atoms with Gasteiger partial charge in [-0.05, 0) is 51.1 Å². The van der Waals surface area contributed by atoms with Crippen molar-refractivity contribution in [3.63, 3.8) is 0 Å². The Kier molecular flexibility index (Phi) is 4.22. The minimum Gasteiger partial charge on any atom is -0.384 e. The Labute approximate surface area is 114 Å². The van der Waals surface area contributed by atoms with E-state index in [2.05, 4.69) is 60.8 Å². The van der Waals surface area contributed by atoms with Gasteiger partial charge >= 0.3 is 0 Å². The van der Waals surface area contributed by atoms with Crippen LogP contribution in [0.25, 0.3) is 5.69 Å². The predicted octanol–water partition coefficient (Wildman–Crippen LogP) is 2.67. The zero-order valence-electron chi connectivity index (χ0n) is 11.9. The van der Waals surface area contributed by atoms with Gasteiger partial charge in [0, 0.05) is 36.7 Å². The third-order valence-electron chi connectivity index (χ3n) is 2.75. The smallest absolute Gasteiger partial charge is 0.0647 e. The number of nitrogens with one attached hydrogen (secondary N) is 2. The molecule has 0 unspecified atom stereocenters. The molecule has 0 fully saturated rings. The molecule has 2 N–H and O–H groups in total. The molecule has 1 heterocycles. The fraction of sp³-hybridized carbons (Fsp3) is 0.400. The van der Waals surface area contributed by atoms with Gasteiger partial charge in [0.25, 0.3) is 0 Å². The first-order valence-electron chi connectivity index (χ1n) is 6.64. The zero-order chi connectivity index (χ0) is 13.7. The molecule has 1 aromatic carbocycles. The van der Waals surface area contributed by atoms with Crippen LogP contribution >= 0.6 is 0 Å². The summed E-state index contributed by atoms with van der Waals surface area (Å²) in [5.74, 6) is 0. The summed E-state index contributed by atoms with van der Waals surface area (Å²) in [6.45, 7) is 8.38. The first-order valence-corrected chi connectivity index (χ1v) is 6.64. The fourth-order valence-corrected chi connectivity index (χ4v) is 1.80. The van der Waals surface area contributed by atoms with E-state index in [1.807, 2.05) is 16.9 Å². The second kappa shape index (κ2) is 5.89. The highest BCUT2D eigenvalue weighted by Gasteiger charge is 2.06. The zero-order valence-corrected chi connectivity index (χ0v) is 11.9. The number of anilines is 1. The van der Waals surface area contributed by atoms with E-state index in [1.54, 1.807) is 6.20 Å². The molecule has 2 aromatic rings. The molecular weight excluding hydrogens is 236 g/mol. The third-order valence-corrected chi connectivity index (χ3v) is 2.75. The number of aromatic nitrogens is 2. The Morgan fingerprint density at radius 1 is 1.11 bits per heavy atom. The van der Waals surface area contributed by atoms with Crippen LogP contribution in [0, 0.1) is 0 Å². The molecule has 0 aliphatic heterocycles. The summed E-state index contributed by atoms with van der Waals surface area (Å²) in [5.41, 5.74) is 2.38. The molecule has 1 aromatic heterocycles. The lowest BCUT2D eigenvalue weighted by Gasteiger charge is -2.20. The Balaban J connectivity index is 1.83. The molecule has 2 rings (SSSR count). The van der Waals surface area contributed by atoms with E-state index in [0.29, 0.717) is 0 Å². The second-order valence-electron chi connectivity index (χ2n) is 5.60. The van der Waals surface area contributed by atoms with Crippen molar-refractivity contribution in [3.05, 3.63) is 42.7 Å². The molecule has 0 bridgehead atoms. The minimum atomic E-state index is 0.172. The molecule has 0 radical (unpaired) electrons. The molecule has 0 aliphatic carbocycles. The van der Waals surface area contributed by atoms with E-state index < -0.39 is 0 Å². The number of benzene rings is 1. The standard InChI is InChI=1S/C15H22N4/c1-15(2,3)17-11-10-16-13-5-7-14(8-6-13)19-12-4-9-18-19/h4-9,12,16-17H,10-11H2,1-3H3. The van der Waals surface area contributed by atoms with Crippen molar-refractivity contribution in [2.75, 3.05) is 18.4 Å². The SMILES string of the molecule is CC(C)(C)NCCNc1ccc(-n2cccn2)cc1. The summed E-state index contributed by atoms with van der Waals surface area (Å²) in [4.78, 5) is 0. The summed E-state index contributed by atoms with van der Waals surface area (Å²) in [6, 6.07) is 10.2. The lowest BCUT2D eigenvalue weighted by atomic mass is 10.1. The average Bonchev–Trinajstić information content (AvgIpc) is 2.88. The highest BCUT2D eigenvalue weighted by atomic mass is 15.3. The number of nitrogens with zero attached hydrogens (tertiary/aromatic N) is 2. The molecule has 0 aliphatic rings. The van der Waals surface area contributed by atoms with E-state index in [9.17, 15) is 0 Å². The van der Waals surface area contributed by atoms with Gasteiger partial charge < -0.3 is 10.6 Å². The van der Waals surface area contributed by atoms with E-state index in [0.717, 1.165) is 24.5 Å². The van der Waals surface area contributed by atoms with Crippen LogP contribution < -0.4 is 10.6 Å². The van der Waals surface area contributed by atoms with Crippen LogP contribution in [-0.2, 0) is 0 Å². The Morgan fingerprint density at radius 3 is 2.42 bits per heavy atom. The third kappa shape index (κ3) is 4.41. The molecular formula is C15H22N4. The fourth-order valence-electron chi connectivity index (χ4n) is 1.80. The molecule has 4 heteroatoms. The maximum absolute atomic E-state index is 4.20. The molecule has 0 saturated carbocycles. The first kappa shape index (κ1) is 13.6. The maximum Gasteiger partial charge on any atom is 0.0647 e. The van der Waals surface area contributed by atoms with Crippen molar-refractivity contribution in [1.82, 2.24) is 15.1 Å². The first-order chi connectivity index (χ1) is 9.04. The van der Waals surface area contributed by atoms with Gasteiger partial charge in [-0.3, -0.25) is 0 Å². The summed E-state index contributed by atoms with van der Waals surface area (Å²) >= 11 is 0. The average molecular weight is 258 g/mol. The molecule has 0 saturated heterocycles. The van der Waals surface area contributed by atoms with Crippen LogP contribution in [-0.4, -0.2) is 28.4 Å². The van der Waals surface area contributed by atoms with E-state index in [-0.39, 0.29) is 5.54 Å². The Morgan fingerprint density at radius 2 is 1.84 bits per heavy atom. The summed E-state index contributed by atoms with van der Waals surface area (Å²) < 4.78 is 1.85. The van der Waals surface area contributed by atoms with Gasteiger partial charge in [0.1, 0.15) is 0 Å². The lowest BCUT2D eigenvalue weighted by molar-refractivity contribution is 0.435. The van der Waals surface area contributed by atoms with E-state index in [4.69, 9.17) is 0 Å². The van der Waals surface area contributed by atoms with Gasteiger partial charge in [0.2, 0.25) is 0 Å². The van der Waals surface area contributed by atoms with Gasteiger partial charge in [0.05, 0.1) is 5.69 Å². The van der Waals surface area contributed by atoms with Crippen molar-refractivity contribution < 1.29 is 0 Å². The van der Waals surface area contributed by atoms with Crippen molar-refractivity contribution in [3.8, 4) is 5.69 Å². The second-order valence-corrected chi connectivity index (χ2v) is 5.60. The maximum atomic E-state index is 4.20. The number of rotatable bonds is 5. The minimum absolute atomic E-state index is 0.172. The van der Waals surface area contributed by atoms with Crippen LogP contribution in [0.5, 0.6) is 0 Å². The molecule has 19 heavy (non-hydrogen) atoms. The van der Waals surface area contributed by atoms with Crippen LogP contribution in [0.1, 0.15) is 20.8 Å². The van der Waals surface area contributed by atoms with Crippen molar-refractivity contribution >= 4 is 5.69 Å². The van der Waals surface area contributed by atoms with Gasteiger partial charge in [-0.25, -0.2) is 4.68 Å². The summed E-state index contributed by atoms with van der Waals surface area (Å²) in [5, 5.41) is 11.1. The lowest BCUT2D eigenvalue weighted by Crippen LogP contribution is -2.38. The Hall–Kier alpha value is -1.81. The molecule has 0 amide bonds. The Bertz CT molecular complexity index is 480. The van der Waals surface area contributed by atoms with Crippen molar-refractivity contribution in [2.45, 2.75) is 26.3 Å². The van der Waals surface area contributed by atoms with Crippen molar-refractivity contribution in [2.24, 2.45) is 0 Å². The van der Waals surface area contributed by atoms with Gasteiger partial charge in [0.15, 0.2) is 0 Å². The predicted molar refractivity (Wildman–Crippen MR) is 79.8 cm³/mol. The molecule has 102 valence electrons. The van der Waals surface area contributed by atoms with Crippen LogP contribution in [0.4, 0.5) is 5.69 Å². The molecule has 0 spiro atoms. The quantitative estimate of drug-likeness (QED) is 0.810. The topological polar surface area (TPSA) is 41.9 Å². The van der Waals surface area contributed by atoms with Crippen LogP contribution in [0.3, 0.4) is 0 Å². The van der Waals surface area contributed by atoms with E-state index in [1.165, 1.54) is 0 Å². The van der Waals surface area contributed by atoms with Crippen LogP contribution in [0.15, 0.2) is 42.7 Å². The molecule has 0 atom stereocenters. The van der Waals surface area contributed by atoms with E-state index >= 15 is 0 Å². The van der Waals surface area contributed by atoms with Gasteiger partial charge in [-0.2, -0.15) is 5.10 Å². The van der Waals surface area contributed by atoms with Crippen molar-refractivity contribution in [1.29, 1.82) is 0 Å². The van der Waals surface area contributed by atoms with Gasteiger partial charge in [-0.1, -0.05) is 0 Å². The monoisotopic (exact) mass is 258 g/mol. The summed E-state index contributed by atoms with van der Waals surface area (Å²) in [6.07, 6.45) is 3.72. The van der Waals surface area contributed by atoms with Gasteiger partial charge in [-0.15, -0.1) is 0 Å².